The van der Waals surface area contributed by atoms with Gasteiger partial charge in [0.15, 0.2) is 0 Å². The zero-order chi connectivity index (χ0) is 13.2. The summed E-state index contributed by atoms with van der Waals surface area (Å²) in [6.07, 6.45) is 2.18. The molecule has 0 aromatic heterocycles. The molecule has 2 aliphatic rings. The van der Waals surface area contributed by atoms with E-state index < -0.39 is 0 Å². The molecule has 0 N–H and O–H groups in total. The number of carbonyl (C=O) groups is 1. The summed E-state index contributed by atoms with van der Waals surface area (Å²) in [6.45, 7) is 0.558. The molecule has 1 saturated heterocycles. The van der Waals surface area contributed by atoms with Crippen LogP contribution < -0.4 is 0 Å². The maximum Gasteiger partial charge on any atom is 0.320 e. The maximum absolute atomic E-state index is 11.5. The van der Waals surface area contributed by atoms with Crippen molar-refractivity contribution < 1.29 is 9.53 Å². The molecule has 0 radical (unpaired) electrons. The van der Waals surface area contributed by atoms with Crippen molar-refractivity contribution in [2.24, 2.45) is 5.92 Å². The molecule has 1 aromatic carbocycles. The Hall–Kier alpha value is -1.86. The zero-order valence-electron chi connectivity index (χ0n) is 10.7. The second-order valence-corrected chi connectivity index (χ2v) is 5.19. The Balaban J connectivity index is 1.88. The average molecular weight is 256 g/mol. The fourth-order valence-electron chi connectivity index (χ4n) is 2.69. The van der Waals surface area contributed by atoms with Gasteiger partial charge in [-0.1, -0.05) is 30.3 Å². The lowest BCUT2D eigenvalue weighted by Gasteiger charge is -2.37. The Kier molecular flexibility index (Phi) is 3.22. The fraction of sp³-hybridized carbons (Fsp3) is 0.467. The van der Waals surface area contributed by atoms with Crippen LogP contribution in [0.1, 0.15) is 24.4 Å². The number of hydrogen-bond acceptors (Lipinski definition) is 4. The highest BCUT2D eigenvalue weighted by molar-refractivity contribution is 5.72. The van der Waals surface area contributed by atoms with Crippen LogP contribution in [0.15, 0.2) is 30.3 Å². The van der Waals surface area contributed by atoms with Gasteiger partial charge in [0.05, 0.1) is 18.7 Å². The second kappa shape index (κ2) is 5.02. The van der Waals surface area contributed by atoms with Gasteiger partial charge in [-0.05, 0) is 24.3 Å². The third-order valence-electron chi connectivity index (χ3n) is 3.86. The minimum atomic E-state index is -0.229. The summed E-state index contributed by atoms with van der Waals surface area (Å²) in [6, 6.07) is 12.2. The molecule has 0 amide bonds. The molecule has 1 saturated carbocycles. The summed E-state index contributed by atoms with van der Waals surface area (Å²) in [5.41, 5.74) is 1.11. The van der Waals surface area contributed by atoms with Crippen LogP contribution >= 0.6 is 0 Å². The number of nitrogens with zero attached hydrogens (tertiary/aromatic N) is 2. The van der Waals surface area contributed by atoms with Crippen LogP contribution in [0.5, 0.6) is 0 Å². The van der Waals surface area contributed by atoms with Gasteiger partial charge in [0.1, 0.15) is 12.6 Å². The highest BCUT2D eigenvalue weighted by atomic mass is 16.5. The summed E-state index contributed by atoms with van der Waals surface area (Å²) < 4.78 is 5.18. The fourth-order valence-corrected chi connectivity index (χ4v) is 2.69. The molecule has 1 heterocycles. The number of esters is 1. The van der Waals surface area contributed by atoms with E-state index in [1.807, 2.05) is 35.2 Å². The topological polar surface area (TPSA) is 53.3 Å². The van der Waals surface area contributed by atoms with Crippen LogP contribution in [-0.4, -0.2) is 30.1 Å². The molecule has 4 heteroatoms. The van der Waals surface area contributed by atoms with Gasteiger partial charge in [0, 0.05) is 0 Å². The van der Waals surface area contributed by atoms with Crippen molar-refractivity contribution in [3.8, 4) is 6.07 Å². The Morgan fingerprint density at radius 2 is 2.05 bits per heavy atom. The van der Waals surface area contributed by atoms with E-state index in [1.54, 1.807) is 0 Å². The first-order valence-electron chi connectivity index (χ1n) is 6.65. The van der Waals surface area contributed by atoms with Crippen molar-refractivity contribution in [3.05, 3.63) is 35.9 Å². The van der Waals surface area contributed by atoms with Gasteiger partial charge in [-0.3, -0.25) is 9.69 Å². The largest absolute Gasteiger partial charge is 0.463 e. The standard InChI is InChI=1S/C15H16N2O2/c16-8-13(12-6-7-12)17-9-15(18)19-10-14(17)11-4-2-1-3-5-11/h1-5,12-14H,6-7,9-10H2/t13-,14+/m0/s1. The lowest BCUT2D eigenvalue weighted by Crippen LogP contribution is -2.48. The van der Waals surface area contributed by atoms with Crippen molar-refractivity contribution >= 4 is 5.97 Å². The van der Waals surface area contributed by atoms with E-state index in [0.717, 1.165) is 18.4 Å². The summed E-state index contributed by atoms with van der Waals surface area (Å²) in [5, 5.41) is 9.40. The number of hydrogen-bond donors (Lipinski definition) is 0. The van der Waals surface area contributed by atoms with Gasteiger partial charge in [-0.15, -0.1) is 0 Å². The van der Waals surface area contributed by atoms with Crippen molar-refractivity contribution in [3.63, 3.8) is 0 Å². The maximum atomic E-state index is 11.5. The predicted octanol–water partition coefficient (Wildman–Crippen LogP) is 1.89. The third-order valence-corrected chi connectivity index (χ3v) is 3.86. The molecule has 1 aliphatic heterocycles. The highest BCUT2D eigenvalue weighted by Gasteiger charge is 2.41. The Morgan fingerprint density at radius 1 is 1.32 bits per heavy atom. The second-order valence-electron chi connectivity index (χ2n) is 5.19. The summed E-state index contributed by atoms with van der Waals surface area (Å²) >= 11 is 0. The minimum absolute atomic E-state index is 0.00384. The SMILES string of the molecule is N#C[C@@H](C1CC1)N1CC(=O)OC[C@@H]1c1ccccc1. The van der Waals surface area contributed by atoms with E-state index >= 15 is 0 Å². The van der Waals surface area contributed by atoms with Gasteiger partial charge in [0.2, 0.25) is 0 Å². The number of carbonyl (C=O) groups excluding carboxylic acids is 1. The van der Waals surface area contributed by atoms with Crippen LogP contribution in [0.4, 0.5) is 0 Å². The van der Waals surface area contributed by atoms with E-state index in [0.29, 0.717) is 12.5 Å². The number of ether oxygens (including phenoxy) is 1. The molecular weight excluding hydrogens is 240 g/mol. The number of rotatable bonds is 3. The lowest BCUT2D eigenvalue weighted by molar-refractivity contribution is -0.156. The van der Waals surface area contributed by atoms with Crippen LogP contribution in [0, 0.1) is 17.2 Å². The molecular formula is C15H16N2O2. The van der Waals surface area contributed by atoms with E-state index in [2.05, 4.69) is 6.07 Å². The first kappa shape index (κ1) is 12.2. The minimum Gasteiger partial charge on any atom is -0.463 e. The smallest absolute Gasteiger partial charge is 0.320 e. The summed E-state index contributed by atoms with van der Waals surface area (Å²) in [4.78, 5) is 13.6. The predicted molar refractivity (Wildman–Crippen MR) is 69.0 cm³/mol. The highest BCUT2D eigenvalue weighted by Crippen LogP contribution is 2.39. The van der Waals surface area contributed by atoms with Gasteiger partial charge >= 0.3 is 5.97 Å². The summed E-state index contributed by atoms with van der Waals surface area (Å²) in [5.74, 6) is 0.190. The summed E-state index contributed by atoms with van der Waals surface area (Å²) in [7, 11) is 0. The van der Waals surface area contributed by atoms with E-state index in [-0.39, 0.29) is 24.6 Å². The lowest BCUT2D eigenvalue weighted by atomic mass is 10.0. The number of nitriles is 1. The van der Waals surface area contributed by atoms with E-state index in [4.69, 9.17) is 4.74 Å². The molecule has 0 spiro atoms. The molecule has 0 unspecified atom stereocenters. The third kappa shape index (κ3) is 2.47. The Bertz CT molecular complexity index is 505. The monoisotopic (exact) mass is 256 g/mol. The molecule has 3 rings (SSSR count). The first-order chi connectivity index (χ1) is 9.29. The molecule has 19 heavy (non-hydrogen) atoms. The van der Waals surface area contributed by atoms with Crippen molar-refractivity contribution in [2.45, 2.75) is 24.9 Å². The van der Waals surface area contributed by atoms with Gasteiger partial charge in [-0.2, -0.15) is 5.26 Å². The number of cyclic esters (lactones) is 1. The van der Waals surface area contributed by atoms with Crippen LogP contribution in [0.3, 0.4) is 0 Å². The number of benzene rings is 1. The molecule has 1 aromatic rings. The van der Waals surface area contributed by atoms with Gasteiger partial charge in [0.25, 0.3) is 0 Å². The zero-order valence-corrected chi connectivity index (χ0v) is 10.7. The van der Waals surface area contributed by atoms with Crippen molar-refractivity contribution in [2.75, 3.05) is 13.2 Å². The normalized spacial score (nSPS) is 25.4. The van der Waals surface area contributed by atoms with Crippen LogP contribution in [-0.2, 0) is 9.53 Å². The Labute approximate surface area is 112 Å². The van der Waals surface area contributed by atoms with Crippen molar-refractivity contribution in [1.82, 2.24) is 4.90 Å². The first-order valence-corrected chi connectivity index (χ1v) is 6.65. The molecule has 1 aliphatic carbocycles. The van der Waals surface area contributed by atoms with Gasteiger partial charge in [-0.25, -0.2) is 0 Å². The molecule has 2 fully saturated rings. The molecule has 2 atom stereocenters. The van der Waals surface area contributed by atoms with E-state index in [1.165, 1.54) is 0 Å². The average Bonchev–Trinajstić information content (AvgIpc) is 3.26. The quantitative estimate of drug-likeness (QED) is 0.775. The van der Waals surface area contributed by atoms with Crippen LogP contribution in [0.25, 0.3) is 0 Å². The van der Waals surface area contributed by atoms with E-state index in [9.17, 15) is 10.1 Å². The Morgan fingerprint density at radius 3 is 2.68 bits per heavy atom. The van der Waals surface area contributed by atoms with Gasteiger partial charge < -0.3 is 4.74 Å². The van der Waals surface area contributed by atoms with Crippen molar-refractivity contribution in [1.29, 1.82) is 5.26 Å². The molecule has 4 nitrogen and oxygen atoms in total. The molecule has 98 valence electrons. The molecule has 0 bridgehead atoms. The number of morpholine rings is 1. The van der Waals surface area contributed by atoms with Crippen LogP contribution in [0.2, 0.25) is 0 Å².